The molecule has 6 heteroatoms. The lowest BCUT2D eigenvalue weighted by atomic mass is 10.0. The van der Waals surface area contributed by atoms with E-state index in [4.69, 9.17) is 14.3 Å². The molecule has 2 aromatic rings. The molecule has 31 heavy (non-hydrogen) atoms. The summed E-state index contributed by atoms with van der Waals surface area (Å²) >= 11 is 0. The number of benzene rings is 2. The van der Waals surface area contributed by atoms with E-state index in [-0.39, 0.29) is 0 Å². The molecule has 6 nitrogen and oxygen atoms in total. The van der Waals surface area contributed by atoms with Crippen molar-refractivity contribution in [3.8, 4) is 5.75 Å². The second kappa shape index (κ2) is 11.6. The van der Waals surface area contributed by atoms with E-state index in [2.05, 4.69) is 18.3 Å². The van der Waals surface area contributed by atoms with E-state index in [0.29, 0.717) is 19.8 Å². The summed E-state index contributed by atoms with van der Waals surface area (Å²) in [6.45, 7) is 14.2. The molecular formula is C25H30N2O4. The van der Waals surface area contributed by atoms with Gasteiger partial charge in [0.15, 0.2) is 0 Å². The third-order valence-electron chi connectivity index (χ3n) is 4.68. The average molecular weight is 423 g/mol. The fourth-order valence-corrected chi connectivity index (χ4v) is 3.13. The van der Waals surface area contributed by atoms with Gasteiger partial charge in [0.2, 0.25) is 0 Å². The van der Waals surface area contributed by atoms with Crippen LogP contribution < -0.4 is 9.64 Å². The second-order valence-electron chi connectivity index (χ2n) is 6.98. The highest BCUT2D eigenvalue weighted by atomic mass is 16.6. The number of hydrogen-bond donors (Lipinski definition) is 0. The molecule has 0 atom stereocenters. The molecule has 0 spiro atoms. The zero-order chi connectivity index (χ0) is 22.8. The van der Waals surface area contributed by atoms with Gasteiger partial charge in [-0.25, -0.2) is 4.79 Å². The predicted octanol–water partition coefficient (Wildman–Crippen LogP) is 5.57. The molecular weight excluding hydrogens is 392 g/mol. The fourth-order valence-electron chi connectivity index (χ4n) is 3.13. The van der Waals surface area contributed by atoms with Crippen LogP contribution in [0.15, 0.2) is 66.9 Å². The van der Waals surface area contributed by atoms with Crippen molar-refractivity contribution < 1.29 is 19.1 Å². The van der Waals surface area contributed by atoms with Crippen molar-refractivity contribution in [1.82, 2.24) is 0 Å². The molecule has 0 fully saturated rings. The third-order valence-corrected chi connectivity index (χ3v) is 4.68. The van der Waals surface area contributed by atoms with Crippen LogP contribution >= 0.6 is 0 Å². The number of anilines is 1. The maximum Gasteiger partial charge on any atom is 0.414 e. The van der Waals surface area contributed by atoms with Crippen molar-refractivity contribution >= 4 is 17.5 Å². The number of nitrogens with zero attached hydrogens (tertiary/aromatic N) is 2. The highest BCUT2D eigenvalue weighted by Gasteiger charge is 2.18. The van der Waals surface area contributed by atoms with E-state index in [0.717, 1.165) is 39.4 Å². The summed E-state index contributed by atoms with van der Waals surface area (Å²) in [7, 11) is 1.36. The SMILES string of the molecule is C=CCO/N=C(\C)c1cc(C)c(OCc2ccccc2N(CC=C)C(=O)OC)cc1C. The molecule has 0 aliphatic rings. The lowest BCUT2D eigenvalue weighted by Crippen LogP contribution is -2.31. The van der Waals surface area contributed by atoms with Crippen molar-refractivity contribution in [2.75, 3.05) is 25.2 Å². The van der Waals surface area contributed by atoms with Crippen LogP contribution in [0.2, 0.25) is 0 Å². The molecule has 0 aromatic heterocycles. The summed E-state index contributed by atoms with van der Waals surface area (Å²) < 4.78 is 11.0. The van der Waals surface area contributed by atoms with Crippen LogP contribution in [0, 0.1) is 13.8 Å². The maximum atomic E-state index is 12.2. The molecule has 2 rings (SSSR count). The van der Waals surface area contributed by atoms with Gasteiger partial charge in [-0.3, -0.25) is 4.90 Å². The smallest absolute Gasteiger partial charge is 0.414 e. The summed E-state index contributed by atoms with van der Waals surface area (Å²) in [6.07, 6.45) is 2.86. The normalized spacial score (nSPS) is 10.9. The van der Waals surface area contributed by atoms with Crippen molar-refractivity contribution in [2.24, 2.45) is 5.16 Å². The van der Waals surface area contributed by atoms with Gasteiger partial charge in [0.05, 0.1) is 18.5 Å². The first-order valence-electron chi connectivity index (χ1n) is 9.99. The predicted molar refractivity (Wildman–Crippen MR) is 125 cm³/mol. The first-order chi connectivity index (χ1) is 14.9. The van der Waals surface area contributed by atoms with Crippen LogP contribution in [0.5, 0.6) is 5.75 Å². The summed E-state index contributed by atoms with van der Waals surface area (Å²) in [5.74, 6) is 0.768. The summed E-state index contributed by atoms with van der Waals surface area (Å²) in [4.78, 5) is 18.9. The molecule has 0 aliphatic heterocycles. The Labute approximate surface area is 184 Å². The van der Waals surface area contributed by atoms with Gasteiger partial charge in [-0.2, -0.15) is 0 Å². The Kier molecular flexibility index (Phi) is 8.88. The quantitative estimate of drug-likeness (QED) is 0.217. The number of aryl methyl sites for hydroxylation is 2. The number of rotatable bonds is 10. The number of methoxy groups -OCH3 is 1. The monoisotopic (exact) mass is 422 g/mol. The molecule has 0 aliphatic carbocycles. The minimum atomic E-state index is -0.447. The summed E-state index contributed by atoms with van der Waals surface area (Å²) in [5, 5.41) is 4.13. The summed E-state index contributed by atoms with van der Waals surface area (Å²) in [6, 6.07) is 11.6. The van der Waals surface area contributed by atoms with Gasteiger partial charge in [-0.05, 0) is 50.1 Å². The Morgan fingerprint density at radius 1 is 1.13 bits per heavy atom. The molecule has 0 saturated heterocycles. The highest BCUT2D eigenvalue weighted by Crippen LogP contribution is 2.27. The lowest BCUT2D eigenvalue weighted by Gasteiger charge is -2.23. The zero-order valence-electron chi connectivity index (χ0n) is 18.7. The minimum absolute atomic E-state index is 0.302. The van der Waals surface area contributed by atoms with Crippen molar-refractivity contribution in [1.29, 1.82) is 0 Å². The number of hydrogen-bond acceptors (Lipinski definition) is 5. The minimum Gasteiger partial charge on any atom is -0.489 e. The number of oxime groups is 1. The Hall–Kier alpha value is -3.54. The zero-order valence-corrected chi connectivity index (χ0v) is 18.7. The van der Waals surface area contributed by atoms with E-state index >= 15 is 0 Å². The molecule has 0 radical (unpaired) electrons. The Morgan fingerprint density at radius 3 is 2.55 bits per heavy atom. The van der Waals surface area contributed by atoms with E-state index in [1.807, 2.05) is 57.2 Å². The highest BCUT2D eigenvalue weighted by molar-refractivity contribution is 6.00. The topological polar surface area (TPSA) is 60.4 Å². The first kappa shape index (κ1) is 23.7. The average Bonchev–Trinajstić information content (AvgIpc) is 2.77. The van der Waals surface area contributed by atoms with Crippen LogP contribution in [-0.2, 0) is 16.2 Å². The van der Waals surface area contributed by atoms with Crippen molar-refractivity contribution in [3.63, 3.8) is 0 Å². The lowest BCUT2D eigenvalue weighted by molar-refractivity contribution is 0.175. The number of carbonyl (C=O) groups excluding carboxylic acids is 1. The molecule has 0 unspecified atom stereocenters. The van der Waals surface area contributed by atoms with Gasteiger partial charge >= 0.3 is 6.09 Å². The van der Waals surface area contributed by atoms with Crippen molar-refractivity contribution in [3.05, 3.63) is 84.0 Å². The standard InChI is InChI=1S/C25H30N2O4/c1-7-13-27(25(28)29-6)23-12-10-9-11-21(23)17-30-24-16-18(3)22(15-19(24)4)20(5)26-31-14-8-2/h7-12,15-16H,1-2,13-14,17H2,3-6H3/b26-20+. The maximum absolute atomic E-state index is 12.2. The number of carbonyl (C=O) groups is 1. The van der Waals surface area contributed by atoms with E-state index in [1.54, 1.807) is 12.2 Å². The number of ether oxygens (including phenoxy) is 2. The largest absolute Gasteiger partial charge is 0.489 e. The van der Waals surface area contributed by atoms with Crippen LogP contribution in [0.25, 0.3) is 0 Å². The van der Waals surface area contributed by atoms with Crippen LogP contribution in [0.4, 0.5) is 10.5 Å². The Balaban J connectivity index is 2.25. The van der Waals surface area contributed by atoms with Gasteiger partial charge in [0.25, 0.3) is 0 Å². The van der Waals surface area contributed by atoms with Gasteiger partial charge in [-0.15, -0.1) is 6.58 Å². The molecule has 1 amide bonds. The van der Waals surface area contributed by atoms with Crippen LogP contribution in [0.3, 0.4) is 0 Å². The second-order valence-corrected chi connectivity index (χ2v) is 6.98. The molecule has 0 bridgehead atoms. The Bertz CT molecular complexity index is 966. The first-order valence-corrected chi connectivity index (χ1v) is 9.99. The van der Waals surface area contributed by atoms with E-state index in [1.165, 1.54) is 12.0 Å². The van der Waals surface area contributed by atoms with E-state index in [9.17, 15) is 4.79 Å². The van der Waals surface area contributed by atoms with Gasteiger partial charge < -0.3 is 14.3 Å². The fraction of sp³-hybridized carbons (Fsp3) is 0.280. The summed E-state index contributed by atoms with van der Waals surface area (Å²) in [5.41, 5.74) is 5.39. The molecule has 0 saturated carbocycles. The van der Waals surface area contributed by atoms with Gasteiger partial charge in [-0.1, -0.05) is 42.1 Å². The van der Waals surface area contributed by atoms with Crippen molar-refractivity contribution in [2.45, 2.75) is 27.4 Å². The van der Waals surface area contributed by atoms with Gasteiger partial charge in [0.1, 0.15) is 19.0 Å². The molecule has 164 valence electrons. The van der Waals surface area contributed by atoms with Crippen LogP contribution in [0.1, 0.15) is 29.2 Å². The van der Waals surface area contributed by atoms with Crippen LogP contribution in [-0.4, -0.2) is 32.1 Å². The Morgan fingerprint density at radius 2 is 1.87 bits per heavy atom. The number of para-hydroxylation sites is 1. The number of amides is 1. The van der Waals surface area contributed by atoms with E-state index < -0.39 is 6.09 Å². The molecule has 2 aromatic carbocycles. The molecule has 0 N–H and O–H groups in total. The molecule has 0 heterocycles. The van der Waals surface area contributed by atoms with Gasteiger partial charge in [0, 0.05) is 17.7 Å². The third kappa shape index (κ3) is 6.22.